The van der Waals surface area contributed by atoms with E-state index in [1.54, 1.807) is 19.2 Å². The van der Waals surface area contributed by atoms with Crippen molar-refractivity contribution in [3.05, 3.63) is 56.8 Å². The number of rotatable bonds is 7. The minimum Gasteiger partial charge on any atom is -0.454 e. The molecule has 1 atom stereocenters. The Balaban J connectivity index is 2.14. The van der Waals surface area contributed by atoms with Crippen LogP contribution in [0, 0.1) is 13.8 Å². The van der Waals surface area contributed by atoms with Crippen LogP contribution in [-0.2, 0) is 9.47 Å². The molecule has 7 heteroatoms. The first-order chi connectivity index (χ1) is 12.3. The van der Waals surface area contributed by atoms with Gasteiger partial charge in [-0.15, -0.1) is 0 Å². The molecule has 0 saturated heterocycles. The molecule has 1 heterocycles. The molecule has 0 bridgehead atoms. The van der Waals surface area contributed by atoms with Gasteiger partial charge in [-0.1, -0.05) is 29.3 Å². The molecule has 1 unspecified atom stereocenters. The quantitative estimate of drug-likeness (QED) is 0.503. The number of ether oxygens (including phenoxy) is 2. The van der Waals surface area contributed by atoms with Crippen LogP contribution in [0.1, 0.15) is 45.1 Å². The van der Waals surface area contributed by atoms with E-state index in [0.29, 0.717) is 12.2 Å². The summed E-state index contributed by atoms with van der Waals surface area (Å²) in [6.07, 6.45) is 0. The molecule has 5 nitrogen and oxygen atoms in total. The smallest absolute Gasteiger partial charge is 0.341 e. The maximum Gasteiger partial charge on any atom is 0.341 e. The van der Waals surface area contributed by atoms with E-state index in [1.165, 1.54) is 12.1 Å². The number of methoxy groups -OCH3 is 1. The van der Waals surface area contributed by atoms with E-state index in [-0.39, 0.29) is 34.0 Å². The summed E-state index contributed by atoms with van der Waals surface area (Å²) in [6.45, 7) is 5.94. The number of halogens is 2. The van der Waals surface area contributed by atoms with Gasteiger partial charge in [-0.05, 0) is 39.0 Å². The number of carbonyl (C=O) groups excluding carboxylic acids is 2. The molecule has 0 aliphatic heterocycles. The zero-order valence-electron chi connectivity index (χ0n) is 15.1. The predicted molar refractivity (Wildman–Crippen MR) is 102 cm³/mol. The molecule has 140 valence electrons. The van der Waals surface area contributed by atoms with Crippen LogP contribution >= 0.6 is 23.2 Å². The summed E-state index contributed by atoms with van der Waals surface area (Å²) >= 11 is 12.0. The van der Waals surface area contributed by atoms with Crippen LogP contribution in [0.25, 0.3) is 0 Å². The fraction of sp³-hybridized carbons (Fsp3) is 0.368. The molecular weight excluding hydrogens is 377 g/mol. The van der Waals surface area contributed by atoms with Crippen molar-refractivity contribution in [2.24, 2.45) is 0 Å². The van der Waals surface area contributed by atoms with Gasteiger partial charge >= 0.3 is 5.97 Å². The fourth-order valence-corrected chi connectivity index (χ4v) is 3.58. The Kier molecular flexibility index (Phi) is 6.87. The summed E-state index contributed by atoms with van der Waals surface area (Å²) in [5.74, 6) is -1.01. The van der Waals surface area contributed by atoms with Crippen molar-refractivity contribution in [3.63, 3.8) is 0 Å². The second-order valence-electron chi connectivity index (χ2n) is 6.06. The number of benzene rings is 1. The first-order valence-corrected chi connectivity index (χ1v) is 8.85. The Morgan fingerprint density at radius 3 is 2.38 bits per heavy atom. The minimum absolute atomic E-state index is 0.0582. The highest BCUT2D eigenvalue weighted by Gasteiger charge is 2.21. The minimum atomic E-state index is -0.726. The molecule has 2 aromatic rings. The molecule has 1 aromatic heterocycles. The number of ketones is 1. The summed E-state index contributed by atoms with van der Waals surface area (Å²) in [7, 11) is 1.63. The average molecular weight is 398 g/mol. The van der Waals surface area contributed by atoms with E-state index in [1.807, 2.05) is 25.3 Å². The third kappa shape index (κ3) is 4.29. The molecule has 2 rings (SSSR count). The second kappa shape index (κ2) is 8.71. The van der Waals surface area contributed by atoms with Gasteiger partial charge in [0.2, 0.25) is 5.78 Å². The van der Waals surface area contributed by atoms with Crippen molar-refractivity contribution in [1.29, 1.82) is 0 Å². The largest absolute Gasteiger partial charge is 0.454 e. The summed E-state index contributed by atoms with van der Waals surface area (Å²) < 4.78 is 12.3. The Bertz CT molecular complexity index is 809. The molecule has 0 spiro atoms. The number of esters is 1. The SMILES string of the molecule is COCC(C)n1c(C)cc(C(=O)COC(=O)c2c(Cl)cccc2Cl)c1C. The van der Waals surface area contributed by atoms with Crippen LogP contribution in [0.2, 0.25) is 10.0 Å². The maximum absolute atomic E-state index is 12.5. The molecule has 0 aliphatic carbocycles. The van der Waals surface area contributed by atoms with E-state index in [4.69, 9.17) is 32.7 Å². The Morgan fingerprint density at radius 2 is 1.81 bits per heavy atom. The van der Waals surface area contributed by atoms with Crippen molar-refractivity contribution in [2.75, 3.05) is 20.3 Å². The van der Waals surface area contributed by atoms with Gasteiger partial charge in [0.25, 0.3) is 0 Å². The molecule has 0 aliphatic rings. The topological polar surface area (TPSA) is 57.5 Å². The normalized spacial score (nSPS) is 12.1. The number of Topliss-reactive ketones (excluding diaryl/α,β-unsaturated/α-hetero) is 1. The summed E-state index contributed by atoms with van der Waals surface area (Å²) in [6, 6.07) is 6.59. The lowest BCUT2D eigenvalue weighted by molar-refractivity contribution is 0.0475. The van der Waals surface area contributed by atoms with Gasteiger partial charge in [-0.2, -0.15) is 0 Å². The van der Waals surface area contributed by atoms with Gasteiger partial charge in [0.1, 0.15) is 0 Å². The predicted octanol–water partition coefficient (Wildman–Crippen LogP) is 4.66. The number of carbonyl (C=O) groups is 2. The number of hydrogen-bond donors (Lipinski definition) is 0. The van der Waals surface area contributed by atoms with Crippen molar-refractivity contribution in [3.8, 4) is 0 Å². The lowest BCUT2D eigenvalue weighted by Gasteiger charge is -2.17. The van der Waals surface area contributed by atoms with Gasteiger partial charge in [-0.3, -0.25) is 4.79 Å². The molecule has 0 radical (unpaired) electrons. The standard InChI is InChI=1S/C19H21Cl2NO4/c1-11-8-14(13(3)22(11)12(2)9-25-4)17(23)10-26-19(24)18-15(20)6-5-7-16(18)21/h5-8,12H,9-10H2,1-4H3. The first kappa shape index (κ1) is 20.5. The highest BCUT2D eigenvalue weighted by molar-refractivity contribution is 6.39. The summed E-state index contributed by atoms with van der Waals surface area (Å²) in [4.78, 5) is 24.7. The van der Waals surface area contributed by atoms with Crippen LogP contribution < -0.4 is 0 Å². The maximum atomic E-state index is 12.5. The van der Waals surface area contributed by atoms with Crippen molar-refractivity contribution in [1.82, 2.24) is 4.57 Å². The van der Waals surface area contributed by atoms with Gasteiger partial charge in [0.05, 0.1) is 28.3 Å². The molecule has 0 amide bonds. The number of aromatic nitrogens is 1. The van der Waals surface area contributed by atoms with Crippen molar-refractivity contribution in [2.45, 2.75) is 26.8 Å². The second-order valence-corrected chi connectivity index (χ2v) is 6.87. The van der Waals surface area contributed by atoms with E-state index in [9.17, 15) is 9.59 Å². The summed E-state index contributed by atoms with van der Waals surface area (Å²) in [5.41, 5.74) is 2.33. The van der Waals surface area contributed by atoms with Gasteiger partial charge in [0.15, 0.2) is 6.61 Å². The van der Waals surface area contributed by atoms with E-state index < -0.39 is 5.97 Å². The molecule has 26 heavy (non-hydrogen) atoms. The van der Waals surface area contributed by atoms with Gasteiger partial charge < -0.3 is 14.0 Å². The molecule has 1 aromatic carbocycles. The number of hydrogen-bond acceptors (Lipinski definition) is 4. The van der Waals surface area contributed by atoms with Crippen molar-refractivity contribution < 1.29 is 19.1 Å². The van der Waals surface area contributed by atoms with Crippen LogP contribution in [0.5, 0.6) is 0 Å². The van der Waals surface area contributed by atoms with E-state index in [0.717, 1.165) is 11.4 Å². The van der Waals surface area contributed by atoms with Crippen LogP contribution in [0.4, 0.5) is 0 Å². The van der Waals surface area contributed by atoms with Crippen LogP contribution in [0.15, 0.2) is 24.3 Å². The highest BCUT2D eigenvalue weighted by Crippen LogP contribution is 2.25. The Morgan fingerprint density at radius 1 is 1.19 bits per heavy atom. The lowest BCUT2D eigenvalue weighted by atomic mass is 10.1. The third-order valence-corrected chi connectivity index (χ3v) is 4.76. The van der Waals surface area contributed by atoms with Crippen molar-refractivity contribution >= 4 is 35.0 Å². The Labute approximate surface area is 162 Å². The highest BCUT2D eigenvalue weighted by atomic mass is 35.5. The number of nitrogens with zero attached hydrogens (tertiary/aromatic N) is 1. The fourth-order valence-electron chi connectivity index (χ4n) is 3.03. The summed E-state index contributed by atoms with van der Waals surface area (Å²) in [5, 5.41) is 0.364. The lowest BCUT2D eigenvalue weighted by Crippen LogP contribution is -2.17. The molecule has 0 fully saturated rings. The molecule has 0 saturated carbocycles. The monoisotopic (exact) mass is 397 g/mol. The van der Waals surface area contributed by atoms with Crippen LogP contribution in [-0.4, -0.2) is 36.6 Å². The average Bonchev–Trinajstić information content (AvgIpc) is 2.87. The van der Waals surface area contributed by atoms with E-state index in [2.05, 4.69) is 0 Å². The van der Waals surface area contributed by atoms with Gasteiger partial charge in [0, 0.05) is 24.1 Å². The number of aryl methyl sites for hydroxylation is 1. The first-order valence-electron chi connectivity index (χ1n) is 8.09. The van der Waals surface area contributed by atoms with Gasteiger partial charge in [-0.25, -0.2) is 4.79 Å². The zero-order valence-corrected chi connectivity index (χ0v) is 16.6. The van der Waals surface area contributed by atoms with Crippen LogP contribution in [0.3, 0.4) is 0 Å². The third-order valence-electron chi connectivity index (χ3n) is 4.13. The molecular formula is C19H21Cl2NO4. The molecule has 0 N–H and O–H groups in total. The van der Waals surface area contributed by atoms with E-state index >= 15 is 0 Å². The Hall–Kier alpha value is -1.82. The zero-order chi connectivity index (χ0) is 19.4.